The van der Waals surface area contributed by atoms with Gasteiger partial charge in [-0.25, -0.2) is 0 Å². The number of nitrogens with zero attached hydrogens (tertiary/aromatic N) is 2. The van der Waals surface area contributed by atoms with Crippen LogP contribution in [0.2, 0.25) is 0 Å². The summed E-state index contributed by atoms with van der Waals surface area (Å²) in [5.74, 6) is 1.80. The van der Waals surface area contributed by atoms with Crippen molar-refractivity contribution in [2.75, 3.05) is 20.2 Å². The van der Waals surface area contributed by atoms with Crippen LogP contribution in [0.4, 0.5) is 0 Å². The van der Waals surface area contributed by atoms with E-state index in [1.54, 1.807) is 0 Å². The molecule has 3 heteroatoms. The van der Waals surface area contributed by atoms with E-state index in [1.165, 1.54) is 59.9 Å². The molecule has 3 aromatic rings. The molecule has 4 rings (SSSR count). The zero-order chi connectivity index (χ0) is 25.3. The molecule has 0 bridgehead atoms. The Morgan fingerprint density at radius 1 is 0.889 bits per heavy atom. The van der Waals surface area contributed by atoms with Gasteiger partial charge in [-0.3, -0.25) is 9.88 Å². The third kappa shape index (κ3) is 6.37. The fourth-order valence-corrected chi connectivity index (χ4v) is 5.98. The SMILES string of the molecule is CCc1cccc(CC)c1-c1ncc(CN(CCc2ccccc2)CC2CCCCC2)c(OC)c1C. The van der Waals surface area contributed by atoms with Gasteiger partial charge in [0.25, 0.3) is 0 Å². The molecule has 1 saturated carbocycles. The second-order valence-electron chi connectivity index (χ2n) is 10.4. The van der Waals surface area contributed by atoms with E-state index in [4.69, 9.17) is 9.72 Å². The number of rotatable bonds is 11. The highest BCUT2D eigenvalue weighted by molar-refractivity contribution is 5.73. The number of hydrogen-bond donors (Lipinski definition) is 0. The van der Waals surface area contributed by atoms with Gasteiger partial charge in [-0.15, -0.1) is 0 Å². The van der Waals surface area contributed by atoms with Gasteiger partial charge in [-0.1, -0.05) is 81.6 Å². The van der Waals surface area contributed by atoms with Gasteiger partial charge in [-0.05, 0) is 61.6 Å². The zero-order valence-electron chi connectivity index (χ0n) is 22.9. The molecule has 1 aliphatic carbocycles. The van der Waals surface area contributed by atoms with Crippen LogP contribution in [-0.4, -0.2) is 30.1 Å². The molecule has 36 heavy (non-hydrogen) atoms. The Kier molecular flexibility index (Phi) is 9.58. The van der Waals surface area contributed by atoms with Crippen LogP contribution in [0.25, 0.3) is 11.3 Å². The fourth-order valence-electron chi connectivity index (χ4n) is 5.98. The lowest BCUT2D eigenvalue weighted by Crippen LogP contribution is -2.32. The predicted octanol–water partition coefficient (Wildman–Crippen LogP) is 7.82. The Bertz CT molecular complexity index is 1080. The lowest BCUT2D eigenvalue weighted by molar-refractivity contribution is 0.193. The molecule has 1 aromatic heterocycles. The summed E-state index contributed by atoms with van der Waals surface area (Å²) in [6.45, 7) is 9.76. The smallest absolute Gasteiger partial charge is 0.129 e. The molecular weight excluding hydrogens is 440 g/mol. The summed E-state index contributed by atoms with van der Waals surface area (Å²) in [5, 5.41) is 0. The Balaban J connectivity index is 1.62. The van der Waals surface area contributed by atoms with Crippen LogP contribution in [0.15, 0.2) is 54.7 Å². The minimum Gasteiger partial charge on any atom is -0.496 e. The van der Waals surface area contributed by atoms with Crippen molar-refractivity contribution < 1.29 is 4.74 Å². The van der Waals surface area contributed by atoms with Crippen molar-refractivity contribution in [2.24, 2.45) is 5.92 Å². The Morgan fingerprint density at radius 2 is 1.58 bits per heavy atom. The maximum Gasteiger partial charge on any atom is 0.129 e. The van der Waals surface area contributed by atoms with Crippen molar-refractivity contribution in [1.29, 1.82) is 0 Å². The summed E-state index contributed by atoms with van der Waals surface area (Å²) in [5.41, 5.74) is 8.87. The average Bonchev–Trinajstić information content (AvgIpc) is 2.92. The van der Waals surface area contributed by atoms with Gasteiger partial charge in [0.1, 0.15) is 5.75 Å². The van der Waals surface area contributed by atoms with Gasteiger partial charge in [0, 0.05) is 42.5 Å². The Morgan fingerprint density at radius 3 is 2.22 bits per heavy atom. The number of pyridine rings is 1. The van der Waals surface area contributed by atoms with Crippen LogP contribution >= 0.6 is 0 Å². The first-order valence-electron chi connectivity index (χ1n) is 14.0. The molecule has 0 spiro atoms. The van der Waals surface area contributed by atoms with E-state index in [0.717, 1.165) is 61.8 Å². The maximum atomic E-state index is 6.07. The number of hydrogen-bond acceptors (Lipinski definition) is 3. The van der Waals surface area contributed by atoms with E-state index in [9.17, 15) is 0 Å². The van der Waals surface area contributed by atoms with E-state index in [-0.39, 0.29) is 0 Å². The summed E-state index contributed by atoms with van der Waals surface area (Å²) in [6.07, 6.45) is 12.1. The standard InChI is InChI=1S/C33H44N2O/c1-5-28-18-13-19-29(6-2)31(28)32-25(3)33(36-4)30(22-34-32)24-35(23-27-16-11-8-12-17-27)21-20-26-14-9-7-10-15-26/h7,9-10,13-15,18-19,22,27H,5-6,8,11-12,16-17,20-21,23-24H2,1-4H3. The summed E-state index contributed by atoms with van der Waals surface area (Å²) in [6, 6.07) is 17.6. The van der Waals surface area contributed by atoms with Crippen molar-refractivity contribution in [1.82, 2.24) is 9.88 Å². The molecule has 3 nitrogen and oxygen atoms in total. The van der Waals surface area contributed by atoms with E-state index in [2.05, 4.69) is 80.4 Å². The van der Waals surface area contributed by atoms with Gasteiger partial charge < -0.3 is 4.74 Å². The van der Waals surface area contributed by atoms with Crippen LogP contribution < -0.4 is 4.74 Å². The molecule has 0 aliphatic heterocycles. The highest BCUT2D eigenvalue weighted by Crippen LogP contribution is 2.36. The molecule has 0 amide bonds. The molecule has 1 aliphatic rings. The number of aryl methyl sites for hydroxylation is 2. The van der Waals surface area contributed by atoms with Crippen molar-refractivity contribution in [2.45, 2.75) is 78.7 Å². The van der Waals surface area contributed by atoms with Gasteiger partial charge >= 0.3 is 0 Å². The average molecular weight is 485 g/mol. The Labute approximate surface area is 218 Å². The molecule has 0 N–H and O–H groups in total. The van der Waals surface area contributed by atoms with Crippen LogP contribution in [0.1, 0.15) is 73.8 Å². The highest BCUT2D eigenvalue weighted by Gasteiger charge is 2.22. The van der Waals surface area contributed by atoms with Crippen molar-refractivity contribution in [3.05, 3.63) is 82.5 Å². The lowest BCUT2D eigenvalue weighted by Gasteiger charge is -2.30. The summed E-state index contributed by atoms with van der Waals surface area (Å²) < 4.78 is 6.07. The number of ether oxygens (including phenoxy) is 1. The van der Waals surface area contributed by atoms with E-state index in [1.807, 2.05) is 7.11 Å². The predicted molar refractivity (Wildman–Crippen MR) is 152 cm³/mol. The molecule has 192 valence electrons. The number of aromatic nitrogens is 1. The molecule has 0 unspecified atom stereocenters. The van der Waals surface area contributed by atoms with Gasteiger partial charge in [0.15, 0.2) is 0 Å². The third-order valence-electron chi connectivity index (χ3n) is 7.97. The van der Waals surface area contributed by atoms with Crippen LogP contribution in [-0.2, 0) is 25.8 Å². The quantitative estimate of drug-likeness (QED) is 0.277. The normalized spacial score (nSPS) is 14.4. The summed E-state index contributed by atoms with van der Waals surface area (Å²) >= 11 is 0. The molecule has 2 aromatic carbocycles. The molecule has 1 heterocycles. The highest BCUT2D eigenvalue weighted by atomic mass is 16.5. The van der Waals surface area contributed by atoms with Crippen LogP contribution in [0, 0.1) is 12.8 Å². The first-order valence-corrected chi connectivity index (χ1v) is 14.0. The monoisotopic (exact) mass is 484 g/mol. The van der Waals surface area contributed by atoms with E-state index >= 15 is 0 Å². The molecule has 0 saturated heterocycles. The van der Waals surface area contributed by atoms with Gasteiger partial charge in [-0.2, -0.15) is 0 Å². The van der Waals surface area contributed by atoms with E-state index < -0.39 is 0 Å². The first kappa shape index (κ1) is 26.4. The largest absolute Gasteiger partial charge is 0.496 e. The van der Waals surface area contributed by atoms with Crippen molar-refractivity contribution in [3.8, 4) is 17.0 Å². The second kappa shape index (κ2) is 13.1. The second-order valence-corrected chi connectivity index (χ2v) is 10.4. The topological polar surface area (TPSA) is 25.4 Å². The van der Waals surface area contributed by atoms with E-state index in [0.29, 0.717) is 0 Å². The minimum atomic E-state index is 0.803. The molecule has 0 radical (unpaired) electrons. The molecule has 0 atom stereocenters. The minimum absolute atomic E-state index is 0.803. The van der Waals surface area contributed by atoms with Crippen molar-refractivity contribution in [3.63, 3.8) is 0 Å². The zero-order valence-corrected chi connectivity index (χ0v) is 22.9. The summed E-state index contributed by atoms with van der Waals surface area (Å²) in [7, 11) is 1.82. The fraction of sp³-hybridized carbons (Fsp3) is 0.485. The molecule has 1 fully saturated rings. The lowest BCUT2D eigenvalue weighted by atomic mass is 9.88. The van der Waals surface area contributed by atoms with Crippen LogP contribution in [0.5, 0.6) is 5.75 Å². The first-order chi connectivity index (χ1) is 17.6. The van der Waals surface area contributed by atoms with Gasteiger partial charge in [0.2, 0.25) is 0 Å². The third-order valence-corrected chi connectivity index (χ3v) is 7.97. The summed E-state index contributed by atoms with van der Waals surface area (Å²) in [4.78, 5) is 7.74. The van der Waals surface area contributed by atoms with Gasteiger partial charge in [0.05, 0.1) is 12.8 Å². The Hall–Kier alpha value is -2.65. The number of benzene rings is 2. The number of methoxy groups -OCH3 is 1. The molecular formula is C33H44N2O. The maximum absolute atomic E-state index is 6.07. The van der Waals surface area contributed by atoms with Crippen molar-refractivity contribution >= 4 is 0 Å². The van der Waals surface area contributed by atoms with Crippen LogP contribution in [0.3, 0.4) is 0 Å².